The van der Waals surface area contributed by atoms with Crippen molar-refractivity contribution in [2.24, 2.45) is 7.05 Å². The summed E-state index contributed by atoms with van der Waals surface area (Å²) in [5.41, 5.74) is 4.86. The van der Waals surface area contributed by atoms with Crippen LogP contribution in [0.3, 0.4) is 0 Å². The number of hydrogen-bond acceptors (Lipinski definition) is 2. The molecule has 0 aliphatic heterocycles. The van der Waals surface area contributed by atoms with E-state index in [0.29, 0.717) is 16.2 Å². The number of allylic oxidation sites excluding steroid dienone is 4. The summed E-state index contributed by atoms with van der Waals surface area (Å²) in [7, 11) is 1.93. The highest BCUT2D eigenvalue weighted by Gasteiger charge is 2.37. The zero-order chi connectivity index (χ0) is 21.8. The number of ketones is 1. The lowest BCUT2D eigenvalue weighted by molar-refractivity contribution is -0.111. The minimum atomic E-state index is -0.447. The Morgan fingerprint density at radius 2 is 1.90 bits per heavy atom. The third-order valence-corrected chi connectivity index (χ3v) is 6.36. The smallest absolute Gasteiger partial charge is 0.201 e. The van der Waals surface area contributed by atoms with Crippen molar-refractivity contribution in [1.29, 1.82) is 0 Å². The number of aliphatic hydroxyl groups is 1. The Bertz CT molecular complexity index is 1290. The summed E-state index contributed by atoms with van der Waals surface area (Å²) in [6, 6.07) is 13.6. The molecule has 0 unspecified atom stereocenters. The molecule has 0 saturated carbocycles. The molecule has 1 N–H and O–H groups in total. The van der Waals surface area contributed by atoms with E-state index >= 15 is 0 Å². The van der Waals surface area contributed by atoms with Gasteiger partial charge in [-0.05, 0) is 47.9 Å². The van der Waals surface area contributed by atoms with E-state index in [4.69, 9.17) is 11.6 Å². The van der Waals surface area contributed by atoms with Crippen molar-refractivity contribution in [2.45, 2.75) is 26.2 Å². The summed E-state index contributed by atoms with van der Waals surface area (Å²) in [5, 5.41) is 12.4. The van der Waals surface area contributed by atoms with Gasteiger partial charge in [0.25, 0.3) is 0 Å². The van der Waals surface area contributed by atoms with Gasteiger partial charge in [0.2, 0.25) is 5.78 Å². The van der Waals surface area contributed by atoms with Crippen LogP contribution >= 0.6 is 11.6 Å². The van der Waals surface area contributed by atoms with Gasteiger partial charge in [0, 0.05) is 40.1 Å². The van der Waals surface area contributed by atoms with Gasteiger partial charge in [0.15, 0.2) is 0 Å². The highest BCUT2D eigenvalue weighted by Crippen LogP contribution is 2.42. The molecule has 1 aliphatic carbocycles. The number of Topliss-reactive ketones (excluding diaryl/α,β-unsaturated/α-hetero) is 1. The predicted octanol–water partition coefficient (Wildman–Crippen LogP) is 6.45. The van der Waals surface area contributed by atoms with Crippen molar-refractivity contribution in [3.8, 4) is 0 Å². The Hall–Kier alpha value is -3.04. The molecule has 152 valence electrons. The van der Waals surface area contributed by atoms with Gasteiger partial charge >= 0.3 is 0 Å². The maximum absolute atomic E-state index is 13.0. The molecule has 1 aliphatic rings. The molecule has 30 heavy (non-hydrogen) atoms. The minimum absolute atomic E-state index is 0.0242. The normalized spacial score (nSPS) is 15.8. The molecule has 0 fully saturated rings. The monoisotopic (exact) mass is 417 g/mol. The zero-order valence-corrected chi connectivity index (χ0v) is 18.3. The van der Waals surface area contributed by atoms with E-state index in [1.165, 1.54) is 0 Å². The Morgan fingerprint density at radius 3 is 2.60 bits per heavy atom. The molecule has 4 rings (SSSR count). The molecule has 0 amide bonds. The molecule has 3 aromatic rings. The number of aromatic nitrogens is 1. The summed E-state index contributed by atoms with van der Waals surface area (Å²) in [6.07, 6.45) is 3.59. The molecular formula is C26H24ClNO2. The summed E-state index contributed by atoms with van der Waals surface area (Å²) >= 11 is 6.21. The molecule has 1 aromatic heterocycles. The number of para-hydroxylation sites is 1. The fourth-order valence-electron chi connectivity index (χ4n) is 4.14. The lowest BCUT2D eigenvalue weighted by atomic mass is 9.74. The van der Waals surface area contributed by atoms with Crippen LogP contribution in [0.25, 0.3) is 16.5 Å². The van der Waals surface area contributed by atoms with E-state index in [2.05, 4.69) is 6.58 Å². The number of aliphatic hydroxyl groups excluding tert-OH is 1. The van der Waals surface area contributed by atoms with Crippen LogP contribution in [0.2, 0.25) is 5.02 Å². The summed E-state index contributed by atoms with van der Waals surface area (Å²) in [6.45, 7) is 10.3. The fraction of sp³-hybridized carbons (Fsp3) is 0.192. The number of halogens is 1. The van der Waals surface area contributed by atoms with Gasteiger partial charge in [0.1, 0.15) is 5.76 Å². The quantitative estimate of drug-likeness (QED) is 0.495. The van der Waals surface area contributed by atoms with Crippen molar-refractivity contribution in [3.63, 3.8) is 0 Å². The summed E-state index contributed by atoms with van der Waals surface area (Å²) in [4.78, 5) is 13.0. The van der Waals surface area contributed by atoms with Crippen molar-refractivity contribution in [2.75, 3.05) is 0 Å². The number of hydrogen-bond donors (Lipinski definition) is 1. The number of aryl methyl sites for hydroxylation is 2. The summed E-state index contributed by atoms with van der Waals surface area (Å²) < 4.78 is 1.96. The number of fused-ring (bicyclic) bond motifs is 1. The molecule has 0 radical (unpaired) electrons. The predicted molar refractivity (Wildman–Crippen MR) is 124 cm³/mol. The van der Waals surface area contributed by atoms with E-state index in [-0.39, 0.29) is 11.5 Å². The van der Waals surface area contributed by atoms with Gasteiger partial charge in [0.05, 0.1) is 11.1 Å². The van der Waals surface area contributed by atoms with E-state index < -0.39 is 5.41 Å². The molecule has 0 spiro atoms. The molecule has 0 bridgehead atoms. The number of nitrogens with zero attached hydrogens (tertiary/aromatic N) is 1. The third kappa shape index (κ3) is 3.01. The first kappa shape index (κ1) is 20.2. The lowest BCUT2D eigenvalue weighted by Crippen LogP contribution is -2.24. The van der Waals surface area contributed by atoms with Crippen molar-refractivity contribution >= 4 is 33.9 Å². The van der Waals surface area contributed by atoms with Gasteiger partial charge in [-0.2, -0.15) is 0 Å². The third-order valence-electron chi connectivity index (χ3n) is 6.12. The van der Waals surface area contributed by atoms with Gasteiger partial charge in [-0.15, -0.1) is 0 Å². The van der Waals surface area contributed by atoms with E-state index in [1.807, 2.05) is 81.0 Å². The van der Waals surface area contributed by atoms with Crippen LogP contribution in [-0.4, -0.2) is 15.5 Å². The van der Waals surface area contributed by atoms with Crippen molar-refractivity contribution in [1.82, 2.24) is 4.57 Å². The number of carbonyl (C=O) groups is 1. The van der Waals surface area contributed by atoms with Gasteiger partial charge in [-0.25, -0.2) is 0 Å². The van der Waals surface area contributed by atoms with Crippen molar-refractivity contribution < 1.29 is 9.90 Å². The van der Waals surface area contributed by atoms with E-state index in [0.717, 1.165) is 33.2 Å². The van der Waals surface area contributed by atoms with Crippen LogP contribution in [-0.2, 0) is 17.3 Å². The van der Waals surface area contributed by atoms with Gasteiger partial charge < -0.3 is 9.67 Å². The highest BCUT2D eigenvalue weighted by atomic mass is 35.5. The van der Waals surface area contributed by atoms with Crippen LogP contribution in [0, 0.1) is 6.92 Å². The standard InChI is InChI=1S/C26H24ClNO2/c1-15-10-11-17(27)13-21(15)26(3,4)16(2)12-19-24(29)23(25(19)30)20-14-28(5)22-9-7-6-8-18(20)22/h6-14,29H,2H2,1,3-5H3/b19-12+. The second-order valence-corrected chi connectivity index (χ2v) is 8.83. The largest absolute Gasteiger partial charge is 0.506 e. The molecular weight excluding hydrogens is 394 g/mol. The van der Waals surface area contributed by atoms with Crippen LogP contribution in [0.15, 0.2) is 78.2 Å². The zero-order valence-electron chi connectivity index (χ0n) is 17.6. The van der Waals surface area contributed by atoms with Crippen LogP contribution in [0.5, 0.6) is 0 Å². The van der Waals surface area contributed by atoms with Gasteiger partial charge in [-0.1, -0.05) is 56.3 Å². The Kier molecular flexibility index (Phi) is 4.74. The maximum atomic E-state index is 13.0. The molecule has 4 heteroatoms. The molecule has 2 aromatic carbocycles. The van der Waals surface area contributed by atoms with Crippen molar-refractivity contribution in [3.05, 3.63) is 99.9 Å². The second kappa shape index (κ2) is 7.03. The first-order chi connectivity index (χ1) is 14.1. The topological polar surface area (TPSA) is 42.2 Å². The van der Waals surface area contributed by atoms with E-state index in [1.54, 1.807) is 6.08 Å². The Morgan fingerprint density at radius 1 is 1.20 bits per heavy atom. The summed E-state index contributed by atoms with van der Waals surface area (Å²) in [5.74, 6) is -0.139. The Labute approximate surface area is 181 Å². The maximum Gasteiger partial charge on any atom is 0.201 e. The average molecular weight is 418 g/mol. The first-order valence-corrected chi connectivity index (χ1v) is 10.2. The van der Waals surface area contributed by atoms with E-state index in [9.17, 15) is 9.90 Å². The fourth-order valence-corrected chi connectivity index (χ4v) is 4.31. The number of rotatable bonds is 4. The van der Waals surface area contributed by atoms with Crippen LogP contribution in [0.1, 0.15) is 30.5 Å². The van der Waals surface area contributed by atoms with Gasteiger partial charge in [-0.3, -0.25) is 4.79 Å². The Balaban J connectivity index is 1.73. The number of benzene rings is 2. The molecule has 3 nitrogen and oxygen atoms in total. The molecule has 0 atom stereocenters. The minimum Gasteiger partial charge on any atom is -0.506 e. The SMILES string of the molecule is C=C(/C=C1/C(=O)C(c2cn(C)c3ccccc23)=C1O)C(C)(C)c1cc(Cl)ccc1C. The van der Waals surface area contributed by atoms with Crippen LogP contribution in [0.4, 0.5) is 0 Å². The highest BCUT2D eigenvalue weighted by molar-refractivity contribution is 6.40. The average Bonchev–Trinajstić information content (AvgIpc) is 3.04. The second-order valence-electron chi connectivity index (χ2n) is 8.39. The first-order valence-electron chi connectivity index (χ1n) is 9.83. The molecule has 1 heterocycles. The van der Waals surface area contributed by atoms with Crippen LogP contribution < -0.4 is 0 Å². The molecule has 0 saturated heterocycles. The lowest BCUT2D eigenvalue weighted by Gasteiger charge is -2.30. The number of carbonyl (C=O) groups excluding carboxylic acids is 1.